The molecule has 0 heterocycles. The topological polar surface area (TPSA) is 108 Å². The van der Waals surface area contributed by atoms with Crippen LogP contribution in [0.15, 0.2) is 0 Å². The van der Waals surface area contributed by atoms with Crippen LogP contribution in [0.4, 0.5) is 4.79 Å². The maximum absolute atomic E-state index is 11.5. The van der Waals surface area contributed by atoms with E-state index in [4.69, 9.17) is 5.11 Å². The minimum absolute atomic E-state index is 0.0841. The molecule has 0 aliphatic rings. The van der Waals surface area contributed by atoms with E-state index in [0.29, 0.717) is 12.8 Å². The Bertz CT molecular complexity index is 347. The summed E-state index contributed by atoms with van der Waals surface area (Å²) in [6, 6.07) is -0.298. The fourth-order valence-electron chi connectivity index (χ4n) is 1.65. The van der Waals surface area contributed by atoms with Gasteiger partial charge in [-0.1, -0.05) is 6.92 Å². The van der Waals surface area contributed by atoms with Crippen LogP contribution in [0.5, 0.6) is 0 Å². The minimum atomic E-state index is -0.834. The largest absolute Gasteiger partial charge is 0.481 e. The number of carboxylic acids is 1. The van der Waals surface area contributed by atoms with Crippen LogP contribution >= 0.6 is 0 Å². The van der Waals surface area contributed by atoms with Gasteiger partial charge in [-0.15, -0.1) is 0 Å². The molecule has 2 unspecified atom stereocenters. The van der Waals surface area contributed by atoms with Crippen molar-refractivity contribution in [2.75, 3.05) is 6.54 Å². The van der Waals surface area contributed by atoms with Crippen molar-refractivity contribution in [2.45, 2.75) is 65.0 Å². The number of aliphatic carboxylic acids is 1. The lowest BCUT2D eigenvalue weighted by atomic mass is 10.1. The molecule has 2 atom stereocenters. The Balaban J connectivity index is 3.70. The van der Waals surface area contributed by atoms with E-state index >= 15 is 0 Å². The third kappa shape index (κ3) is 11.7. The first-order valence-corrected chi connectivity index (χ1v) is 7.40. The average Bonchev–Trinajstić information content (AvgIpc) is 2.37. The fraction of sp³-hybridized carbons (Fsp3) is 0.786. The molecule has 0 spiro atoms. The molecular formula is C14H27N3O4. The van der Waals surface area contributed by atoms with Crippen molar-refractivity contribution >= 4 is 17.9 Å². The molecule has 0 saturated carbocycles. The Hall–Kier alpha value is -1.79. The van der Waals surface area contributed by atoms with Gasteiger partial charge in [-0.25, -0.2) is 4.79 Å². The Morgan fingerprint density at radius 3 is 2.29 bits per heavy atom. The predicted molar refractivity (Wildman–Crippen MR) is 80.0 cm³/mol. The predicted octanol–water partition coefficient (Wildman–Crippen LogP) is 1.23. The number of carbonyl (C=O) groups is 3. The highest BCUT2D eigenvalue weighted by Gasteiger charge is 2.09. The third-order valence-corrected chi connectivity index (χ3v) is 3.06. The number of carbonyl (C=O) groups excluding carboxylic acids is 2. The summed E-state index contributed by atoms with van der Waals surface area (Å²) in [4.78, 5) is 33.4. The number of nitrogens with one attached hydrogen (secondary N) is 3. The molecular weight excluding hydrogens is 274 g/mol. The molecule has 0 bridgehead atoms. The Morgan fingerprint density at radius 1 is 1.05 bits per heavy atom. The third-order valence-electron chi connectivity index (χ3n) is 3.06. The molecule has 0 radical (unpaired) electrons. The van der Waals surface area contributed by atoms with Crippen molar-refractivity contribution in [3.8, 4) is 0 Å². The van der Waals surface area contributed by atoms with E-state index < -0.39 is 5.97 Å². The fourth-order valence-corrected chi connectivity index (χ4v) is 1.65. The second-order valence-corrected chi connectivity index (χ2v) is 5.21. The van der Waals surface area contributed by atoms with Crippen molar-refractivity contribution in [3.05, 3.63) is 0 Å². The van der Waals surface area contributed by atoms with Gasteiger partial charge in [-0.3, -0.25) is 9.59 Å². The molecule has 0 rings (SSSR count). The number of carboxylic acid groups (broad SMARTS) is 1. The summed E-state index contributed by atoms with van der Waals surface area (Å²) in [6.07, 6.45) is 2.34. The highest BCUT2D eigenvalue weighted by molar-refractivity contribution is 5.78. The summed E-state index contributed by atoms with van der Waals surface area (Å²) in [7, 11) is 0. The van der Waals surface area contributed by atoms with Crippen molar-refractivity contribution in [1.82, 2.24) is 16.0 Å². The number of hydrogen-bond donors (Lipinski definition) is 4. The molecule has 3 amide bonds. The van der Waals surface area contributed by atoms with Gasteiger partial charge in [0.15, 0.2) is 0 Å². The van der Waals surface area contributed by atoms with Gasteiger partial charge in [0.2, 0.25) is 5.91 Å². The van der Waals surface area contributed by atoms with E-state index in [1.54, 1.807) is 0 Å². The van der Waals surface area contributed by atoms with E-state index in [0.717, 1.165) is 6.42 Å². The van der Waals surface area contributed by atoms with Crippen molar-refractivity contribution in [2.24, 2.45) is 0 Å². The molecule has 21 heavy (non-hydrogen) atoms. The van der Waals surface area contributed by atoms with Crippen molar-refractivity contribution in [1.29, 1.82) is 0 Å². The molecule has 0 saturated heterocycles. The lowest BCUT2D eigenvalue weighted by molar-refractivity contribution is -0.137. The van der Waals surface area contributed by atoms with Gasteiger partial charge in [0.25, 0.3) is 0 Å². The molecule has 7 nitrogen and oxygen atoms in total. The monoisotopic (exact) mass is 301 g/mol. The van der Waals surface area contributed by atoms with Crippen LogP contribution in [0.3, 0.4) is 0 Å². The summed E-state index contributed by atoms with van der Waals surface area (Å²) < 4.78 is 0. The quantitative estimate of drug-likeness (QED) is 0.487. The smallest absolute Gasteiger partial charge is 0.315 e. The summed E-state index contributed by atoms with van der Waals surface area (Å²) in [6.45, 7) is 6.01. The SMILES string of the molecule is CCC(C)NC(=O)CCNC(=O)NC(C)CCCC(=O)O. The summed E-state index contributed by atoms with van der Waals surface area (Å²) in [5.41, 5.74) is 0. The van der Waals surface area contributed by atoms with Gasteiger partial charge in [-0.2, -0.15) is 0 Å². The van der Waals surface area contributed by atoms with Crippen LogP contribution in [-0.4, -0.2) is 41.6 Å². The number of urea groups is 1. The molecule has 4 N–H and O–H groups in total. The number of amides is 3. The maximum atomic E-state index is 11.5. The molecule has 7 heteroatoms. The first-order valence-electron chi connectivity index (χ1n) is 7.40. The average molecular weight is 301 g/mol. The molecule has 0 aliphatic carbocycles. The molecule has 0 fully saturated rings. The van der Waals surface area contributed by atoms with E-state index in [1.165, 1.54) is 0 Å². The number of hydrogen-bond acceptors (Lipinski definition) is 3. The Kier molecular flexibility index (Phi) is 10.0. The summed E-state index contributed by atoms with van der Waals surface area (Å²) in [5.74, 6) is -0.918. The molecule has 122 valence electrons. The highest BCUT2D eigenvalue weighted by atomic mass is 16.4. The normalized spacial score (nSPS) is 13.1. The van der Waals surface area contributed by atoms with Gasteiger partial charge >= 0.3 is 12.0 Å². The molecule has 0 aromatic heterocycles. The highest BCUT2D eigenvalue weighted by Crippen LogP contribution is 2.00. The molecule has 0 aromatic rings. The summed E-state index contributed by atoms with van der Waals surface area (Å²) in [5, 5.41) is 16.6. The van der Waals surface area contributed by atoms with Crippen molar-refractivity contribution in [3.63, 3.8) is 0 Å². The second kappa shape index (κ2) is 10.9. The zero-order valence-electron chi connectivity index (χ0n) is 13.1. The first-order chi connectivity index (χ1) is 9.85. The summed E-state index contributed by atoms with van der Waals surface area (Å²) >= 11 is 0. The number of rotatable bonds is 10. The van der Waals surface area contributed by atoms with Crippen LogP contribution in [0.1, 0.15) is 52.9 Å². The van der Waals surface area contributed by atoms with Crippen LogP contribution < -0.4 is 16.0 Å². The van der Waals surface area contributed by atoms with E-state index in [-0.39, 0.29) is 43.4 Å². The van der Waals surface area contributed by atoms with Crippen LogP contribution in [0.2, 0.25) is 0 Å². The van der Waals surface area contributed by atoms with E-state index in [1.807, 2.05) is 20.8 Å². The zero-order chi connectivity index (χ0) is 16.3. The van der Waals surface area contributed by atoms with E-state index in [2.05, 4.69) is 16.0 Å². The Labute approximate surface area is 125 Å². The zero-order valence-corrected chi connectivity index (χ0v) is 13.1. The molecule has 0 aliphatic heterocycles. The van der Waals surface area contributed by atoms with Crippen LogP contribution in [0.25, 0.3) is 0 Å². The van der Waals surface area contributed by atoms with Gasteiger partial charge < -0.3 is 21.1 Å². The lowest BCUT2D eigenvalue weighted by Gasteiger charge is -2.15. The van der Waals surface area contributed by atoms with Crippen LogP contribution in [0, 0.1) is 0 Å². The van der Waals surface area contributed by atoms with Crippen LogP contribution in [-0.2, 0) is 9.59 Å². The Morgan fingerprint density at radius 2 is 1.71 bits per heavy atom. The van der Waals surface area contributed by atoms with E-state index in [9.17, 15) is 14.4 Å². The van der Waals surface area contributed by atoms with Gasteiger partial charge in [-0.05, 0) is 33.1 Å². The van der Waals surface area contributed by atoms with Gasteiger partial charge in [0.05, 0.1) is 0 Å². The van der Waals surface area contributed by atoms with Crippen molar-refractivity contribution < 1.29 is 19.5 Å². The second-order valence-electron chi connectivity index (χ2n) is 5.21. The standard InChI is InChI=1S/C14H27N3O4/c1-4-10(2)16-12(18)8-9-15-14(21)17-11(3)6-5-7-13(19)20/h10-11H,4-9H2,1-3H3,(H,16,18)(H,19,20)(H2,15,17,21). The maximum Gasteiger partial charge on any atom is 0.315 e. The van der Waals surface area contributed by atoms with Gasteiger partial charge in [0.1, 0.15) is 0 Å². The molecule has 0 aromatic carbocycles. The minimum Gasteiger partial charge on any atom is -0.481 e. The lowest BCUT2D eigenvalue weighted by Crippen LogP contribution is -2.42. The van der Waals surface area contributed by atoms with Gasteiger partial charge in [0, 0.05) is 31.5 Å². The first kappa shape index (κ1) is 19.2.